The van der Waals surface area contributed by atoms with Gasteiger partial charge in [-0.2, -0.15) is 26.3 Å². The lowest BCUT2D eigenvalue weighted by molar-refractivity contribution is -0.143. The lowest BCUT2D eigenvalue weighted by atomic mass is 9.81. The van der Waals surface area contributed by atoms with E-state index in [1.54, 1.807) is 0 Å². The minimum atomic E-state index is -4.86. The van der Waals surface area contributed by atoms with Crippen molar-refractivity contribution in [2.75, 3.05) is 0 Å². The summed E-state index contributed by atoms with van der Waals surface area (Å²) in [6.45, 7) is 2.57. The summed E-state index contributed by atoms with van der Waals surface area (Å²) in [5, 5.41) is 9.02. The van der Waals surface area contributed by atoms with Crippen molar-refractivity contribution in [2.24, 2.45) is 5.73 Å². The second-order valence-corrected chi connectivity index (χ2v) is 5.83. The Balaban J connectivity index is 3.47. The summed E-state index contributed by atoms with van der Waals surface area (Å²) in [5.74, 6) is -2.53. The molecule has 1 aromatic carbocycles. The Morgan fingerprint density at radius 1 is 1.17 bits per heavy atom. The number of carbonyl (C=O) groups is 1. The van der Waals surface area contributed by atoms with Crippen LogP contribution in [-0.4, -0.2) is 16.6 Å². The summed E-state index contributed by atoms with van der Waals surface area (Å²) in [6, 6.07) is 1.16. The molecular weight excluding hydrogens is 340 g/mol. The quantitative estimate of drug-likeness (QED) is 0.768. The van der Waals surface area contributed by atoms with Crippen molar-refractivity contribution < 1.29 is 36.2 Å². The maximum absolute atomic E-state index is 13.1. The zero-order chi connectivity index (χ0) is 18.9. The van der Waals surface area contributed by atoms with Crippen molar-refractivity contribution in [3.05, 3.63) is 34.9 Å². The lowest BCUT2D eigenvalue weighted by Gasteiger charge is -2.28. The molecule has 3 N–H and O–H groups in total. The van der Waals surface area contributed by atoms with Crippen LogP contribution >= 0.6 is 0 Å². The number of benzene rings is 1. The van der Waals surface area contributed by atoms with Gasteiger partial charge in [0.25, 0.3) is 0 Å². The van der Waals surface area contributed by atoms with Crippen LogP contribution < -0.4 is 5.73 Å². The van der Waals surface area contributed by atoms with Crippen LogP contribution in [0.15, 0.2) is 18.2 Å². The van der Waals surface area contributed by atoms with Crippen molar-refractivity contribution in [2.45, 2.75) is 50.5 Å². The van der Waals surface area contributed by atoms with Crippen LogP contribution in [0.3, 0.4) is 0 Å². The Morgan fingerprint density at radius 3 is 2.08 bits per heavy atom. The van der Waals surface area contributed by atoms with Crippen molar-refractivity contribution >= 4 is 5.97 Å². The van der Waals surface area contributed by atoms with E-state index in [4.69, 9.17) is 10.8 Å². The zero-order valence-electron chi connectivity index (χ0n) is 12.9. The second-order valence-electron chi connectivity index (χ2n) is 5.83. The van der Waals surface area contributed by atoms with Crippen LogP contribution in [0.2, 0.25) is 0 Å². The normalized spacial score (nSPS) is 16.5. The van der Waals surface area contributed by atoms with E-state index in [1.807, 2.05) is 0 Å². The van der Waals surface area contributed by atoms with Gasteiger partial charge in [-0.15, -0.1) is 0 Å². The Kier molecular flexibility index (Phi) is 5.59. The molecule has 0 saturated carbocycles. The molecule has 0 amide bonds. The fourth-order valence-corrected chi connectivity index (χ4v) is 2.41. The maximum Gasteiger partial charge on any atom is 0.416 e. The van der Waals surface area contributed by atoms with Crippen LogP contribution in [0.4, 0.5) is 26.3 Å². The molecule has 0 aromatic heterocycles. The molecule has 24 heavy (non-hydrogen) atoms. The average molecular weight is 357 g/mol. The molecule has 9 heteroatoms. The summed E-state index contributed by atoms with van der Waals surface area (Å²) >= 11 is 0. The average Bonchev–Trinajstić information content (AvgIpc) is 2.42. The third-order valence-corrected chi connectivity index (χ3v) is 3.78. The van der Waals surface area contributed by atoms with Crippen molar-refractivity contribution in [1.29, 1.82) is 0 Å². The van der Waals surface area contributed by atoms with Gasteiger partial charge in [0.15, 0.2) is 0 Å². The predicted molar refractivity (Wildman–Crippen MR) is 74.3 cm³/mol. The van der Waals surface area contributed by atoms with Crippen LogP contribution in [-0.2, 0) is 17.1 Å². The van der Waals surface area contributed by atoms with Gasteiger partial charge in [0.2, 0.25) is 0 Å². The molecule has 0 aliphatic rings. The first kappa shape index (κ1) is 20.3. The molecule has 136 valence electrons. The topological polar surface area (TPSA) is 63.3 Å². The molecule has 0 heterocycles. The molecule has 0 spiro atoms. The Morgan fingerprint density at radius 2 is 1.71 bits per heavy atom. The third kappa shape index (κ3) is 4.62. The van der Waals surface area contributed by atoms with E-state index in [-0.39, 0.29) is 6.42 Å². The molecule has 2 atom stereocenters. The van der Waals surface area contributed by atoms with Gasteiger partial charge in [0.1, 0.15) is 5.54 Å². The number of halogens is 6. The van der Waals surface area contributed by atoms with Gasteiger partial charge in [-0.25, -0.2) is 0 Å². The van der Waals surface area contributed by atoms with E-state index in [1.165, 1.54) is 6.92 Å². The van der Waals surface area contributed by atoms with Gasteiger partial charge >= 0.3 is 18.3 Å². The number of hydrogen-bond donors (Lipinski definition) is 2. The van der Waals surface area contributed by atoms with Crippen LogP contribution in [0.25, 0.3) is 0 Å². The third-order valence-electron chi connectivity index (χ3n) is 3.78. The predicted octanol–water partition coefficient (Wildman–Crippen LogP) is 4.41. The molecule has 0 bridgehead atoms. The Bertz CT molecular complexity index is 607. The summed E-state index contributed by atoms with van der Waals surface area (Å²) in [6.07, 6.45) is -10.1. The van der Waals surface area contributed by atoms with E-state index >= 15 is 0 Å². The largest absolute Gasteiger partial charge is 0.480 e. The monoisotopic (exact) mass is 357 g/mol. The van der Waals surface area contributed by atoms with Gasteiger partial charge < -0.3 is 10.8 Å². The summed E-state index contributed by atoms with van der Waals surface area (Å²) < 4.78 is 77.9. The highest BCUT2D eigenvalue weighted by Crippen LogP contribution is 2.41. The van der Waals surface area contributed by atoms with Gasteiger partial charge in [-0.1, -0.05) is 6.92 Å². The molecule has 1 aromatic rings. The standard InChI is InChI=1S/C15H17F6NO2/c1-3-8(7-13(2,22)12(23)24)10-6-9(14(16,17)18)4-5-11(10)15(19,20)21/h4-6,8H,3,7,22H2,1-2H3,(H,23,24). The molecule has 0 radical (unpaired) electrons. The zero-order valence-corrected chi connectivity index (χ0v) is 12.9. The number of hydrogen-bond acceptors (Lipinski definition) is 2. The molecule has 0 saturated heterocycles. The molecule has 0 aliphatic carbocycles. The van der Waals surface area contributed by atoms with E-state index in [2.05, 4.69) is 0 Å². The first-order valence-electron chi connectivity index (χ1n) is 7.00. The highest BCUT2D eigenvalue weighted by molar-refractivity contribution is 5.78. The number of carboxylic acid groups (broad SMARTS) is 1. The SMILES string of the molecule is CCC(CC(C)(N)C(=O)O)c1cc(C(F)(F)F)ccc1C(F)(F)F. The van der Waals surface area contributed by atoms with Gasteiger partial charge in [0.05, 0.1) is 11.1 Å². The van der Waals surface area contributed by atoms with Gasteiger partial charge in [-0.3, -0.25) is 4.79 Å². The number of nitrogens with two attached hydrogens (primary N) is 1. The van der Waals surface area contributed by atoms with Crippen LogP contribution in [0.1, 0.15) is 49.3 Å². The molecule has 0 aliphatic heterocycles. The number of rotatable bonds is 5. The van der Waals surface area contributed by atoms with Crippen LogP contribution in [0.5, 0.6) is 0 Å². The Labute approximate surface area is 134 Å². The fraction of sp³-hybridized carbons (Fsp3) is 0.533. The fourth-order valence-electron chi connectivity index (χ4n) is 2.41. The van der Waals surface area contributed by atoms with Crippen LogP contribution in [0, 0.1) is 0 Å². The Hall–Kier alpha value is -1.77. The van der Waals surface area contributed by atoms with E-state index in [0.29, 0.717) is 18.2 Å². The van der Waals surface area contributed by atoms with E-state index in [9.17, 15) is 31.1 Å². The summed E-state index contributed by atoms with van der Waals surface area (Å²) in [4.78, 5) is 11.1. The molecular formula is C15H17F6NO2. The molecule has 3 nitrogen and oxygen atoms in total. The van der Waals surface area contributed by atoms with Crippen molar-refractivity contribution in [3.8, 4) is 0 Å². The number of carboxylic acids is 1. The summed E-state index contributed by atoms with van der Waals surface area (Å²) in [7, 11) is 0. The highest BCUT2D eigenvalue weighted by Gasteiger charge is 2.40. The first-order valence-corrected chi connectivity index (χ1v) is 7.00. The summed E-state index contributed by atoms with van der Waals surface area (Å²) in [5.41, 5.74) is 0.648. The van der Waals surface area contributed by atoms with Gasteiger partial charge in [0, 0.05) is 0 Å². The highest BCUT2D eigenvalue weighted by atomic mass is 19.4. The molecule has 2 unspecified atom stereocenters. The van der Waals surface area contributed by atoms with Gasteiger partial charge in [-0.05, 0) is 49.4 Å². The smallest absolute Gasteiger partial charge is 0.416 e. The first-order chi connectivity index (χ1) is 10.7. The lowest BCUT2D eigenvalue weighted by Crippen LogP contribution is -2.46. The molecule has 1 rings (SSSR count). The maximum atomic E-state index is 13.1. The van der Waals surface area contributed by atoms with Crippen molar-refractivity contribution in [3.63, 3.8) is 0 Å². The second kappa shape index (κ2) is 6.62. The number of alkyl halides is 6. The minimum absolute atomic E-state index is 0.00443. The number of aliphatic carboxylic acids is 1. The molecule has 0 fully saturated rings. The van der Waals surface area contributed by atoms with Crippen molar-refractivity contribution in [1.82, 2.24) is 0 Å². The van der Waals surface area contributed by atoms with E-state index < -0.39 is 52.9 Å². The van der Waals surface area contributed by atoms with E-state index in [0.717, 1.165) is 6.92 Å². The minimum Gasteiger partial charge on any atom is -0.480 e.